The summed E-state index contributed by atoms with van der Waals surface area (Å²) in [5.74, 6) is -0.0599. The first-order valence-electron chi connectivity index (χ1n) is 10.7. The molecule has 29 heavy (non-hydrogen) atoms. The van der Waals surface area contributed by atoms with Crippen LogP contribution in [0.3, 0.4) is 0 Å². The molecule has 5 nitrogen and oxygen atoms in total. The number of carbonyl (C=O) groups excluding carboxylic acids is 3. The molecule has 3 unspecified atom stereocenters. The molecular weight excluding hydrogens is 368 g/mol. The smallest absolute Gasteiger partial charge is 0.302 e. The zero-order valence-corrected chi connectivity index (χ0v) is 19.0. The lowest BCUT2D eigenvalue weighted by Crippen LogP contribution is -2.48. The van der Waals surface area contributed by atoms with E-state index in [1.54, 1.807) is 6.08 Å². The fourth-order valence-corrected chi connectivity index (χ4v) is 5.07. The van der Waals surface area contributed by atoms with Gasteiger partial charge in [-0.25, -0.2) is 0 Å². The van der Waals surface area contributed by atoms with Crippen LogP contribution in [0.1, 0.15) is 80.6 Å². The van der Waals surface area contributed by atoms with Gasteiger partial charge in [-0.05, 0) is 62.2 Å². The molecule has 0 heterocycles. The van der Waals surface area contributed by atoms with Crippen LogP contribution in [-0.4, -0.2) is 30.4 Å². The molecule has 0 radical (unpaired) electrons. The molecule has 2 aliphatic rings. The van der Waals surface area contributed by atoms with Crippen LogP contribution in [0, 0.1) is 16.7 Å². The summed E-state index contributed by atoms with van der Waals surface area (Å²) in [5.41, 5.74) is 2.58. The van der Waals surface area contributed by atoms with Gasteiger partial charge in [-0.2, -0.15) is 0 Å². The van der Waals surface area contributed by atoms with Crippen molar-refractivity contribution >= 4 is 17.7 Å². The third-order valence-corrected chi connectivity index (χ3v) is 6.88. The number of ether oxygens (including phenoxy) is 2. The molecule has 0 amide bonds. The number of esters is 2. The van der Waals surface area contributed by atoms with Crippen LogP contribution in [0.4, 0.5) is 0 Å². The molecule has 0 aromatic rings. The Morgan fingerprint density at radius 3 is 2.41 bits per heavy atom. The Morgan fingerprint density at radius 1 is 1.17 bits per heavy atom. The molecule has 3 atom stereocenters. The normalized spacial score (nSPS) is 27.1. The van der Waals surface area contributed by atoms with Gasteiger partial charge in [0.15, 0.2) is 5.78 Å². The predicted octanol–water partition coefficient (Wildman–Crippen LogP) is 4.94. The lowest BCUT2D eigenvalue weighted by molar-refractivity contribution is -0.154. The number of ketones is 1. The van der Waals surface area contributed by atoms with E-state index in [9.17, 15) is 14.4 Å². The SMILES string of the molecule is CC(=O)OCCC(C)CCC1=C(C)C(=O)C=C2C1(C)CCC(OC(C)=O)C2(C)C. The Labute approximate surface area is 174 Å². The van der Waals surface area contributed by atoms with Gasteiger partial charge in [-0.15, -0.1) is 0 Å². The lowest BCUT2D eigenvalue weighted by Gasteiger charge is -2.52. The first-order chi connectivity index (χ1) is 13.4. The summed E-state index contributed by atoms with van der Waals surface area (Å²) in [6.45, 7) is 13.8. The third kappa shape index (κ3) is 4.99. The first-order valence-corrected chi connectivity index (χ1v) is 10.7. The van der Waals surface area contributed by atoms with E-state index < -0.39 is 0 Å². The van der Waals surface area contributed by atoms with Crippen LogP contribution in [0.5, 0.6) is 0 Å². The molecule has 0 bridgehead atoms. The van der Waals surface area contributed by atoms with E-state index in [0.29, 0.717) is 12.5 Å². The summed E-state index contributed by atoms with van der Waals surface area (Å²) in [4.78, 5) is 35.3. The van der Waals surface area contributed by atoms with Gasteiger partial charge in [0.05, 0.1) is 6.61 Å². The molecule has 0 aliphatic heterocycles. The van der Waals surface area contributed by atoms with Gasteiger partial charge >= 0.3 is 11.9 Å². The number of fused-ring (bicyclic) bond motifs is 1. The highest BCUT2D eigenvalue weighted by Gasteiger charge is 2.52. The number of carbonyl (C=O) groups is 3. The van der Waals surface area contributed by atoms with Crippen molar-refractivity contribution in [3.63, 3.8) is 0 Å². The minimum absolute atomic E-state index is 0.0663. The van der Waals surface area contributed by atoms with Gasteiger partial charge < -0.3 is 9.47 Å². The zero-order valence-electron chi connectivity index (χ0n) is 19.0. The van der Waals surface area contributed by atoms with Crippen molar-refractivity contribution in [2.24, 2.45) is 16.7 Å². The molecule has 0 spiro atoms. The molecule has 2 rings (SSSR count). The summed E-state index contributed by atoms with van der Waals surface area (Å²) in [7, 11) is 0. The maximum Gasteiger partial charge on any atom is 0.302 e. The maximum absolute atomic E-state index is 12.8. The molecule has 1 fully saturated rings. The largest absolute Gasteiger partial charge is 0.466 e. The minimum Gasteiger partial charge on any atom is -0.466 e. The molecular formula is C24H36O5. The molecule has 0 aromatic heterocycles. The van der Waals surface area contributed by atoms with Crippen molar-refractivity contribution in [1.82, 2.24) is 0 Å². The molecule has 1 saturated carbocycles. The number of hydrogen-bond acceptors (Lipinski definition) is 5. The zero-order chi connectivity index (χ0) is 22.0. The summed E-state index contributed by atoms with van der Waals surface area (Å²) < 4.78 is 10.7. The molecule has 0 N–H and O–H groups in total. The fraction of sp³-hybridized carbons (Fsp3) is 0.708. The van der Waals surface area contributed by atoms with Crippen LogP contribution in [0.15, 0.2) is 22.8 Å². The topological polar surface area (TPSA) is 69.7 Å². The van der Waals surface area contributed by atoms with Gasteiger partial charge in [0.1, 0.15) is 6.10 Å². The summed E-state index contributed by atoms with van der Waals surface area (Å²) in [5, 5.41) is 0. The summed E-state index contributed by atoms with van der Waals surface area (Å²) >= 11 is 0. The molecule has 5 heteroatoms. The van der Waals surface area contributed by atoms with E-state index in [1.807, 2.05) is 6.92 Å². The number of hydrogen-bond donors (Lipinski definition) is 0. The Kier molecular flexibility index (Phi) is 7.13. The van der Waals surface area contributed by atoms with Crippen LogP contribution in [-0.2, 0) is 23.9 Å². The summed E-state index contributed by atoms with van der Waals surface area (Å²) in [6.07, 6.45) is 5.83. The monoisotopic (exact) mass is 404 g/mol. The maximum atomic E-state index is 12.8. The van der Waals surface area contributed by atoms with Gasteiger partial charge in [-0.1, -0.05) is 33.3 Å². The minimum atomic E-state index is -0.388. The molecule has 162 valence electrons. The van der Waals surface area contributed by atoms with Crippen LogP contribution >= 0.6 is 0 Å². The Morgan fingerprint density at radius 2 is 1.83 bits per heavy atom. The average molecular weight is 405 g/mol. The van der Waals surface area contributed by atoms with Crippen molar-refractivity contribution in [3.05, 3.63) is 22.8 Å². The van der Waals surface area contributed by atoms with Gasteiger partial charge in [0, 0.05) is 24.7 Å². The highest BCUT2D eigenvalue weighted by atomic mass is 16.5. The van der Waals surface area contributed by atoms with Crippen molar-refractivity contribution < 1.29 is 23.9 Å². The molecule has 2 aliphatic carbocycles. The predicted molar refractivity (Wildman–Crippen MR) is 112 cm³/mol. The number of rotatable bonds is 7. The second-order valence-corrected chi connectivity index (χ2v) is 9.49. The van der Waals surface area contributed by atoms with E-state index in [4.69, 9.17) is 9.47 Å². The van der Waals surface area contributed by atoms with Gasteiger partial charge in [-0.3, -0.25) is 14.4 Å². The van der Waals surface area contributed by atoms with Gasteiger partial charge in [0.25, 0.3) is 0 Å². The van der Waals surface area contributed by atoms with E-state index in [-0.39, 0.29) is 34.7 Å². The molecule has 0 aromatic carbocycles. The van der Waals surface area contributed by atoms with E-state index >= 15 is 0 Å². The summed E-state index contributed by atoms with van der Waals surface area (Å²) in [6, 6.07) is 0. The van der Waals surface area contributed by atoms with Crippen LogP contribution in [0.2, 0.25) is 0 Å². The van der Waals surface area contributed by atoms with E-state index in [2.05, 4.69) is 27.7 Å². The van der Waals surface area contributed by atoms with Crippen molar-refractivity contribution in [2.45, 2.75) is 86.7 Å². The van der Waals surface area contributed by atoms with Crippen molar-refractivity contribution in [3.8, 4) is 0 Å². The molecule has 0 saturated heterocycles. The van der Waals surface area contributed by atoms with Crippen molar-refractivity contribution in [2.75, 3.05) is 6.61 Å². The van der Waals surface area contributed by atoms with Crippen LogP contribution in [0.25, 0.3) is 0 Å². The standard InChI is InChI=1S/C24H36O5/c1-15(11-13-28-17(3)25)8-9-19-16(2)20(27)14-21-23(5,6)22(29-18(4)26)10-12-24(19,21)7/h14-15,22H,8-13H2,1-7H3. The highest BCUT2D eigenvalue weighted by Crippen LogP contribution is 2.58. The lowest BCUT2D eigenvalue weighted by atomic mass is 9.53. The van der Waals surface area contributed by atoms with Crippen LogP contribution < -0.4 is 0 Å². The second kappa shape index (κ2) is 8.85. The average Bonchev–Trinajstić information content (AvgIpc) is 2.59. The second-order valence-electron chi connectivity index (χ2n) is 9.49. The van der Waals surface area contributed by atoms with E-state index in [1.165, 1.54) is 19.4 Å². The quantitative estimate of drug-likeness (QED) is 0.562. The fourth-order valence-electron chi connectivity index (χ4n) is 5.07. The highest BCUT2D eigenvalue weighted by molar-refractivity contribution is 6.06. The van der Waals surface area contributed by atoms with Gasteiger partial charge in [0.2, 0.25) is 0 Å². The third-order valence-electron chi connectivity index (χ3n) is 6.88. The van der Waals surface area contributed by atoms with E-state index in [0.717, 1.165) is 43.3 Å². The number of allylic oxidation sites excluding steroid dienone is 3. The first kappa shape index (κ1) is 23.4. The Balaban J connectivity index is 2.20. The Hall–Kier alpha value is -1.91. The Bertz CT molecular complexity index is 742. The van der Waals surface area contributed by atoms with Crippen molar-refractivity contribution in [1.29, 1.82) is 0 Å².